The van der Waals surface area contributed by atoms with Crippen LogP contribution in [0.4, 0.5) is 0 Å². The van der Waals surface area contributed by atoms with Crippen molar-refractivity contribution in [1.82, 2.24) is 4.72 Å². The Morgan fingerprint density at radius 1 is 1.10 bits per heavy atom. The second kappa shape index (κ2) is 13.2. The number of allylic oxidation sites excluding steroid dienone is 3. The predicted octanol–water partition coefficient (Wildman–Crippen LogP) is 6.20. The van der Waals surface area contributed by atoms with Gasteiger partial charge < -0.3 is 13.9 Å². The number of carbonyl (C=O) groups is 1. The highest BCUT2D eigenvalue weighted by atomic mass is 35.5. The summed E-state index contributed by atoms with van der Waals surface area (Å²) in [6.45, 7) is 5.61. The molecule has 2 aromatic carbocycles. The Balaban J connectivity index is 0.00000134. The van der Waals surface area contributed by atoms with E-state index in [0.717, 1.165) is 10.9 Å². The fourth-order valence-corrected chi connectivity index (χ4v) is 4.73. The van der Waals surface area contributed by atoms with Crippen molar-refractivity contribution < 1.29 is 27.1 Å². The highest BCUT2D eigenvalue weighted by Crippen LogP contribution is 2.38. The van der Waals surface area contributed by atoms with Gasteiger partial charge in [0.05, 0.1) is 29.0 Å². The van der Waals surface area contributed by atoms with Gasteiger partial charge in [0.1, 0.15) is 23.7 Å². The molecule has 11 heteroatoms. The molecule has 0 fully saturated rings. The lowest BCUT2D eigenvalue weighted by Gasteiger charge is -2.08. The van der Waals surface area contributed by atoms with E-state index in [9.17, 15) is 18.1 Å². The van der Waals surface area contributed by atoms with Crippen molar-refractivity contribution in [2.75, 3.05) is 13.7 Å². The summed E-state index contributed by atoms with van der Waals surface area (Å²) >= 11 is 6.22. The molecule has 0 saturated heterocycles. The Bertz CT molecular complexity index is 1620. The summed E-state index contributed by atoms with van der Waals surface area (Å²) < 4.78 is 43.6. The summed E-state index contributed by atoms with van der Waals surface area (Å²) in [5.41, 5.74) is 8.79. The van der Waals surface area contributed by atoms with Crippen LogP contribution in [-0.2, 0) is 26.2 Å². The maximum absolute atomic E-state index is 12.2. The second-order valence-electron chi connectivity index (χ2n) is 8.30. The fraction of sp³-hybridized carbons (Fsp3) is 0.250. The number of nitrogens with one attached hydrogen (secondary N) is 1. The van der Waals surface area contributed by atoms with Crippen molar-refractivity contribution in [3.63, 3.8) is 0 Å². The first-order valence-corrected chi connectivity index (χ1v) is 13.8. The SMILES string of the molecule is CCC.COc1c(Cl)ccc2oc(COC3=C=C=C(c4ccc(S(=O)(=O)NCC(=O)N=O)cc4)C=C3)c(C)c12. The quantitative estimate of drug-likeness (QED) is 0.240. The lowest BCUT2D eigenvalue weighted by Crippen LogP contribution is -2.28. The standard InChI is InChI=1S/C25H19ClN2O7S.C3H8/c1-15-22(35-21-12-11-20(26)25(33-2)24(15)21)14-34-18-7-3-16(4-8-18)17-5-9-19(10-6-17)36(31,32)27-13-23(29)28-30;1-3-2/h3,5-7,9-12,27H,13-14H2,1-2H3;3H2,1-2H3. The Morgan fingerprint density at radius 3 is 2.38 bits per heavy atom. The molecular formula is C28H27ClN2O7S. The van der Waals surface area contributed by atoms with Crippen LogP contribution in [0.5, 0.6) is 5.75 Å². The van der Waals surface area contributed by atoms with Crippen LogP contribution in [0.2, 0.25) is 5.02 Å². The average molecular weight is 571 g/mol. The molecule has 0 bridgehead atoms. The normalized spacial score (nSPS) is 12.3. The lowest BCUT2D eigenvalue weighted by molar-refractivity contribution is -0.116. The summed E-state index contributed by atoms with van der Waals surface area (Å²) in [4.78, 5) is 21.0. The van der Waals surface area contributed by atoms with Gasteiger partial charge >= 0.3 is 5.91 Å². The van der Waals surface area contributed by atoms with Crippen LogP contribution in [0.1, 0.15) is 37.2 Å². The van der Waals surface area contributed by atoms with Crippen molar-refractivity contribution >= 4 is 44.1 Å². The molecule has 1 aromatic heterocycles. The zero-order valence-electron chi connectivity index (χ0n) is 21.8. The number of fused-ring (bicyclic) bond motifs is 1. The van der Waals surface area contributed by atoms with Gasteiger partial charge in [0.25, 0.3) is 0 Å². The van der Waals surface area contributed by atoms with Crippen molar-refractivity contribution in [2.24, 2.45) is 5.18 Å². The molecule has 1 aliphatic rings. The zero-order chi connectivity index (χ0) is 28.6. The van der Waals surface area contributed by atoms with Crippen molar-refractivity contribution in [3.8, 4) is 5.75 Å². The van der Waals surface area contributed by atoms with Crippen LogP contribution < -0.4 is 9.46 Å². The van der Waals surface area contributed by atoms with E-state index in [1.54, 1.807) is 43.5 Å². The van der Waals surface area contributed by atoms with E-state index in [1.807, 2.05) is 11.6 Å². The van der Waals surface area contributed by atoms with Crippen molar-refractivity contribution in [1.29, 1.82) is 0 Å². The zero-order valence-corrected chi connectivity index (χ0v) is 23.4. The molecule has 9 nitrogen and oxygen atoms in total. The molecule has 0 atom stereocenters. The number of rotatable bonds is 9. The third kappa shape index (κ3) is 7.15. The van der Waals surface area contributed by atoms with Gasteiger partial charge in [-0.25, -0.2) is 13.1 Å². The van der Waals surface area contributed by atoms with Gasteiger partial charge in [0.15, 0.2) is 5.76 Å². The van der Waals surface area contributed by atoms with Crippen molar-refractivity contribution in [3.05, 3.63) is 92.6 Å². The summed E-state index contributed by atoms with van der Waals surface area (Å²) in [5.74, 6) is 0.508. The molecule has 0 saturated carbocycles. The molecule has 3 aromatic rings. The number of hydrogen-bond donors (Lipinski definition) is 1. The number of ether oxygens (including phenoxy) is 2. The Hall–Kier alpha value is -3.91. The smallest absolute Gasteiger partial charge is 0.301 e. The van der Waals surface area contributed by atoms with Gasteiger partial charge in [0, 0.05) is 16.3 Å². The second-order valence-corrected chi connectivity index (χ2v) is 10.5. The lowest BCUT2D eigenvalue weighted by atomic mass is 10.1. The first-order chi connectivity index (χ1) is 18.6. The maximum atomic E-state index is 12.2. The van der Waals surface area contributed by atoms with Gasteiger partial charge in [-0.1, -0.05) is 49.7 Å². The number of nitrogens with zero attached hydrogens (tertiary/aromatic N) is 1. The molecule has 0 aliphatic heterocycles. The number of benzene rings is 2. The van der Waals surface area contributed by atoms with E-state index in [-0.39, 0.29) is 11.5 Å². The number of halogens is 1. The minimum absolute atomic E-state index is 0.0620. The third-order valence-electron chi connectivity index (χ3n) is 5.37. The van der Waals surface area contributed by atoms with Gasteiger partial charge in [0.2, 0.25) is 10.0 Å². The number of amides is 1. The van der Waals surface area contributed by atoms with E-state index >= 15 is 0 Å². The van der Waals surface area contributed by atoms with Crippen molar-refractivity contribution in [2.45, 2.75) is 38.7 Å². The minimum Gasteiger partial charge on any atom is -0.494 e. The fourth-order valence-electron chi connectivity index (χ4n) is 3.52. The highest BCUT2D eigenvalue weighted by molar-refractivity contribution is 7.89. The van der Waals surface area contributed by atoms with E-state index in [1.165, 1.54) is 18.6 Å². The molecule has 204 valence electrons. The van der Waals surface area contributed by atoms with Gasteiger partial charge in [-0.2, -0.15) is 0 Å². The number of hydrogen-bond acceptors (Lipinski definition) is 7. The minimum atomic E-state index is -3.96. The molecule has 0 radical (unpaired) electrons. The molecule has 4 rings (SSSR count). The molecule has 0 spiro atoms. The highest BCUT2D eigenvalue weighted by Gasteiger charge is 2.18. The molecule has 39 heavy (non-hydrogen) atoms. The number of furan rings is 1. The number of methoxy groups -OCH3 is 1. The number of nitroso groups, excluding NO2 is 1. The van der Waals surface area contributed by atoms with Crippen LogP contribution in [-0.4, -0.2) is 28.0 Å². The van der Waals surface area contributed by atoms with Gasteiger partial charge in [-0.15, -0.1) is 4.91 Å². The summed E-state index contributed by atoms with van der Waals surface area (Å²) in [6, 6.07) is 9.41. The topological polar surface area (TPSA) is 124 Å². The van der Waals surface area contributed by atoms with E-state index in [0.29, 0.717) is 39.0 Å². The number of carbonyl (C=O) groups excluding carboxylic acids is 1. The van der Waals surface area contributed by atoms with E-state index < -0.39 is 22.5 Å². The van der Waals surface area contributed by atoms with Crippen LogP contribution in [0.25, 0.3) is 16.5 Å². The third-order valence-corrected chi connectivity index (χ3v) is 7.09. The summed E-state index contributed by atoms with van der Waals surface area (Å²) in [5, 5.41) is 3.44. The molecule has 1 heterocycles. The predicted molar refractivity (Wildman–Crippen MR) is 149 cm³/mol. The van der Waals surface area contributed by atoms with Gasteiger partial charge in [-0.05, 0) is 54.6 Å². The molecule has 1 aliphatic carbocycles. The molecule has 1 amide bonds. The van der Waals surface area contributed by atoms with E-state index in [4.69, 9.17) is 25.5 Å². The number of sulfonamides is 1. The molecule has 0 unspecified atom stereocenters. The summed E-state index contributed by atoms with van der Waals surface area (Å²) in [6.07, 6.45) is 4.72. The van der Waals surface area contributed by atoms with Crippen LogP contribution in [0.15, 0.2) is 80.3 Å². The number of aryl methyl sites for hydroxylation is 1. The summed E-state index contributed by atoms with van der Waals surface area (Å²) in [7, 11) is -2.41. The Morgan fingerprint density at radius 2 is 1.79 bits per heavy atom. The van der Waals surface area contributed by atoms with E-state index in [2.05, 4.69) is 30.5 Å². The van der Waals surface area contributed by atoms with Crippen LogP contribution >= 0.6 is 11.6 Å². The maximum Gasteiger partial charge on any atom is 0.301 e. The van der Waals surface area contributed by atoms with Crippen LogP contribution in [0.3, 0.4) is 0 Å². The average Bonchev–Trinajstić information content (AvgIpc) is 3.26. The van der Waals surface area contributed by atoms with Crippen LogP contribution in [0, 0.1) is 11.8 Å². The largest absolute Gasteiger partial charge is 0.494 e. The Kier molecular flexibility index (Phi) is 10.1. The van der Waals surface area contributed by atoms with Gasteiger partial charge in [-0.3, -0.25) is 4.79 Å². The Labute approximate surface area is 231 Å². The molecular weight excluding hydrogens is 544 g/mol. The first-order valence-electron chi connectivity index (χ1n) is 11.9. The first kappa shape index (κ1) is 29.6. The monoisotopic (exact) mass is 570 g/mol. The molecule has 1 N–H and O–H groups in total.